The zero-order valence-electron chi connectivity index (χ0n) is 13.1. The molecule has 0 saturated carbocycles. The molecule has 0 unspecified atom stereocenters. The summed E-state index contributed by atoms with van der Waals surface area (Å²) in [6.07, 6.45) is -0.412. The first-order valence-corrected chi connectivity index (χ1v) is 8.31. The molecule has 0 radical (unpaired) electrons. The Balaban J connectivity index is 1.79. The molecule has 1 saturated heterocycles. The van der Waals surface area contributed by atoms with Crippen LogP contribution in [0.15, 0.2) is 48.5 Å². The highest BCUT2D eigenvalue weighted by molar-refractivity contribution is 6.30. The van der Waals surface area contributed by atoms with Crippen LogP contribution in [0.1, 0.15) is 24.0 Å². The number of likely N-dealkylation sites (tertiary alicyclic amines) is 1. The minimum absolute atomic E-state index is 0.125. The molecule has 0 bridgehead atoms. The molecule has 2 aromatic carbocycles. The molecule has 1 aliphatic rings. The van der Waals surface area contributed by atoms with Gasteiger partial charge in [-0.15, -0.1) is 0 Å². The Labute approximate surface area is 141 Å². The number of nitrogens with zero attached hydrogens (tertiary/aromatic N) is 1. The molecule has 0 spiro atoms. The summed E-state index contributed by atoms with van der Waals surface area (Å²) < 4.78 is 13.4. The lowest BCUT2D eigenvalue weighted by molar-refractivity contribution is 0.120. The summed E-state index contributed by atoms with van der Waals surface area (Å²) in [6.45, 7) is 4.35. The van der Waals surface area contributed by atoms with E-state index in [4.69, 9.17) is 11.6 Å². The van der Waals surface area contributed by atoms with Crippen molar-refractivity contribution in [3.8, 4) is 0 Å². The topological polar surface area (TPSA) is 23.5 Å². The van der Waals surface area contributed by atoms with E-state index < -0.39 is 11.9 Å². The van der Waals surface area contributed by atoms with Gasteiger partial charge in [-0.25, -0.2) is 4.39 Å². The quantitative estimate of drug-likeness (QED) is 0.911. The van der Waals surface area contributed by atoms with Crippen LogP contribution in [0.3, 0.4) is 0 Å². The van der Waals surface area contributed by atoms with Gasteiger partial charge in [0.15, 0.2) is 0 Å². The summed E-state index contributed by atoms with van der Waals surface area (Å²) in [4.78, 5) is 2.34. The smallest absolute Gasteiger partial charge is 0.141 e. The number of halogens is 2. The summed E-state index contributed by atoms with van der Waals surface area (Å²) in [5, 5.41) is 10.3. The first-order valence-electron chi connectivity index (χ1n) is 7.94. The molecule has 0 aliphatic carbocycles. The van der Waals surface area contributed by atoms with Gasteiger partial charge in [-0.1, -0.05) is 48.0 Å². The van der Waals surface area contributed by atoms with Crippen LogP contribution in [-0.2, 0) is 6.54 Å². The zero-order valence-corrected chi connectivity index (χ0v) is 13.9. The summed E-state index contributed by atoms with van der Waals surface area (Å²) in [5.41, 5.74) is 2.26. The highest BCUT2D eigenvalue weighted by Gasteiger charge is 2.36. The van der Waals surface area contributed by atoms with Gasteiger partial charge in [-0.3, -0.25) is 4.90 Å². The summed E-state index contributed by atoms with van der Waals surface area (Å²) in [7, 11) is 0. The highest BCUT2D eigenvalue weighted by atomic mass is 35.5. The molecule has 0 aromatic heterocycles. The molecule has 23 heavy (non-hydrogen) atoms. The van der Waals surface area contributed by atoms with E-state index in [1.807, 2.05) is 25.1 Å². The zero-order chi connectivity index (χ0) is 16.4. The van der Waals surface area contributed by atoms with Crippen LogP contribution in [0, 0.1) is 11.7 Å². The average molecular weight is 334 g/mol. The van der Waals surface area contributed by atoms with Gasteiger partial charge >= 0.3 is 0 Å². The van der Waals surface area contributed by atoms with Gasteiger partial charge in [0.1, 0.15) is 5.82 Å². The third-order valence-corrected chi connectivity index (χ3v) is 4.97. The first kappa shape index (κ1) is 16.4. The molecule has 1 heterocycles. The second-order valence-electron chi connectivity index (χ2n) is 6.36. The van der Waals surface area contributed by atoms with Crippen molar-refractivity contribution in [2.24, 2.45) is 5.92 Å². The first-order chi connectivity index (χ1) is 11.0. The number of hydrogen-bond acceptors (Lipinski definition) is 2. The van der Waals surface area contributed by atoms with Crippen molar-refractivity contribution in [2.75, 3.05) is 13.1 Å². The second kappa shape index (κ2) is 7.00. The molecule has 4 heteroatoms. The molecular formula is C19H21ClFNO. The number of rotatable bonds is 4. The van der Waals surface area contributed by atoms with Crippen LogP contribution in [0.4, 0.5) is 4.39 Å². The van der Waals surface area contributed by atoms with Gasteiger partial charge in [0.25, 0.3) is 0 Å². The van der Waals surface area contributed by atoms with E-state index in [0.29, 0.717) is 0 Å². The van der Waals surface area contributed by atoms with Gasteiger partial charge in [0, 0.05) is 31.5 Å². The molecule has 1 N–H and O–H groups in total. The SMILES string of the molecule is C[C@H](O)[C@H]1CN(Cc2ccccc2)C[C@@H]1c1ccc(F)c(Cl)c1. The lowest BCUT2D eigenvalue weighted by Crippen LogP contribution is -2.25. The number of benzene rings is 2. The maximum Gasteiger partial charge on any atom is 0.141 e. The second-order valence-corrected chi connectivity index (χ2v) is 6.77. The van der Waals surface area contributed by atoms with Crippen molar-refractivity contribution in [3.63, 3.8) is 0 Å². The number of aliphatic hydroxyl groups is 1. The Bertz CT molecular complexity index is 662. The standard InChI is InChI=1S/C19H21ClFNO/c1-13(23)16-11-22(10-14-5-3-2-4-6-14)12-17(16)15-7-8-19(21)18(20)9-15/h2-9,13,16-17,23H,10-12H2,1H3/t13-,16+,17+/m0/s1. The highest BCUT2D eigenvalue weighted by Crippen LogP contribution is 2.36. The van der Waals surface area contributed by atoms with Gasteiger partial charge in [0.05, 0.1) is 11.1 Å². The summed E-state index contributed by atoms with van der Waals surface area (Å²) >= 11 is 5.93. The molecule has 2 aromatic rings. The minimum atomic E-state index is -0.412. The van der Waals surface area contributed by atoms with Gasteiger partial charge in [0.2, 0.25) is 0 Å². The van der Waals surface area contributed by atoms with Crippen molar-refractivity contribution < 1.29 is 9.50 Å². The van der Waals surface area contributed by atoms with Gasteiger partial charge < -0.3 is 5.11 Å². The van der Waals surface area contributed by atoms with Crippen LogP contribution in [-0.4, -0.2) is 29.2 Å². The lowest BCUT2D eigenvalue weighted by Gasteiger charge is -2.21. The number of aliphatic hydroxyl groups excluding tert-OH is 1. The third kappa shape index (κ3) is 3.74. The van der Waals surface area contributed by atoms with E-state index in [0.717, 1.165) is 25.2 Å². The van der Waals surface area contributed by atoms with Crippen molar-refractivity contribution in [1.82, 2.24) is 4.90 Å². The van der Waals surface area contributed by atoms with Crippen molar-refractivity contribution in [1.29, 1.82) is 0 Å². The fourth-order valence-electron chi connectivity index (χ4n) is 3.47. The fraction of sp³-hybridized carbons (Fsp3) is 0.368. The van der Waals surface area contributed by atoms with Crippen LogP contribution >= 0.6 is 11.6 Å². The molecule has 3 rings (SSSR count). The Kier molecular flexibility index (Phi) is 5.00. The molecular weight excluding hydrogens is 313 g/mol. The Morgan fingerprint density at radius 1 is 1.22 bits per heavy atom. The Morgan fingerprint density at radius 3 is 2.61 bits per heavy atom. The molecule has 1 fully saturated rings. The van der Waals surface area contributed by atoms with Crippen LogP contribution in [0.5, 0.6) is 0 Å². The third-order valence-electron chi connectivity index (χ3n) is 4.68. The molecule has 3 atom stereocenters. The molecule has 1 aliphatic heterocycles. The monoisotopic (exact) mass is 333 g/mol. The largest absolute Gasteiger partial charge is 0.393 e. The van der Waals surface area contributed by atoms with E-state index in [2.05, 4.69) is 17.0 Å². The maximum absolute atomic E-state index is 13.4. The lowest BCUT2D eigenvalue weighted by atomic mass is 9.86. The van der Waals surface area contributed by atoms with Crippen molar-refractivity contribution >= 4 is 11.6 Å². The molecule has 122 valence electrons. The van der Waals surface area contributed by atoms with Crippen LogP contribution < -0.4 is 0 Å². The predicted octanol–water partition coefficient (Wildman–Crippen LogP) is 4.08. The maximum atomic E-state index is 13.4. The van der Waals surface area contributed by atoms with E-state index >= 15 is 0 Å². The normalized spacial score (nSPS) is 23.1. The van der Waals surface area contributed by atoms with E-state index in [9.17, 15) is 9.50 Å². The Morgan fingerprint density at radius 2 is 1.96 bits per heavy atom. The van der Waals surface area contributed by atoms with Gasteiger partial charge in [-0.05, 0) is 30.2 Å². The minimum Gasteiger partial charge on any atom is -0.393 e. The summed E-state index contributed by atoms with van der Waals surface area (Å²) in [6, 6.07) is 15.2. The van der Waals surface area contributed by atoms with Crippen molar-refractivity contribution in [2.45, 2.75) is 25.5 Å². The molecule has 0 amide bonds. The fourth-order valence-corrected chi connectivity index (χ4v) is 3.66. The van der Waals surface area contributed by atoms with Crippen molar-refractivity contribution in [3.05, 3.63) is 70.5 Å². The van der Waals surface area contributed by atoms with E-state index in [-0.39, 0.29) is 16.9 Å². The van der Waals surface area contributed by atoms with Gasteiger partial charge in [-0.2, -0.15) is 0 Å². The van der Waals surface area contributed by atoms with Crippen LogP contribution in [0.2, 0.25) is 5.02 Å². The predicted molar refractivity (Wildman–Crippen MR) is 91.0 cm³/mol. The van der Waals surface area contributed by atoms with Crippen LogP contribution in [0.25, 0.3) is 0 Å². The number of hydrogen-bond donors (Lipinski definition) is 1. The summed E-state index contributed by atoms with van der Waals surface area (Å²) in [5.74, 6) is -0.111. The van der Waals surface area contributed by atoms with E-state index in [1.54, 1.807) is 12.1 Å². The average Bonchev–Trinajstić information content (AvgIpc) is 2.95. The van der Waals surface area contributed by atoms with E-state index in [1.165, 1.54) is 11.6 Å². The molecule has 2 nitrogen and oxygen atoms in total. The Hall–Kier alpha value is -1.42.